The van der Waals surface area contributed by atoms with Crippen LogP contribution in [0, 0.1) is 0 Å². The van der Waals surface area contributed by atoms with Crippen molar-refractivity contribution in [1.82, 2.24) is 0 Å². The maximum absolute atomic E-state index is 11.2. The van der Waals surface area contributed by atoms with E-state index in [0.717, 1.165) is 0 Å². The molecule has 0 aromatic rings. The van der Waals surface area contributed by atoms with Crippen LogP contribution in [-0.4, -0.2) is 22.4 Å². The Labute approximate surface area is 45.4 Å². The molecule has 0 aliphatic heterocycles. The molecule has 0 saturated heterocycles. The molecule has 0 bridgehead atoms. The SMILES string of the molecule is CCS(=O)CCF. The number of halogens is 1. The topological polar surface area (TPSA) is 17.1 Å². The summed E-state index contributed by atoms with van der Waals surface area (Å²) in [6.45, 7) is 1.33. The highest BCUT2D eigenvalue weighted by Crippen LogP contribution is 1.79. The lowest BCUT2D eigenvalue weighted by Crippen LogP contribution is -1.99. The van der Waals surface area contributed by atoms with Gasteiger partial charge < -0.3 is 0 Å². The van der Waals surface area contributed by atoms with Gasteiger partial charge in [0.25, 0.3) is 0 Å². The summed E-state index contributed by atoms with van der Waals surface area (Å²) >= 11 is 0. The lowest BCUT2D eigenvalue weighted by molar-refractivity contribution is 0.528. The van der Waals surface area contributed by atoms with E-state index in [4.69, 9.17) is 0 Å². The Morgan fingerprint density at radius 2 is 2.29 bits per heavy atom. The van der Waals surface area contributed by atoms with Crippen molar-refractivity contribution in [1.29, 1.82) is 0 Å². The lowest BCUT2D eigenvalue weighted by Gasteiger charge is -1.87. The number of alkyl halides is 1. The minimum atomic E-state index is -0.902. The Kier molecular flexibility index (Phi) is 4.29. The summed E-state index contributed by atoms with van der Waals surface area (Å²) in [7, 11) is -0.902. The molecule has 3 heteroatoms. The van der Waals surface area contributed by atoms with Crippen LogP contribution in [0.1, 0.15) is 6.92 Å². The fourth-order valence-electron chi connectivity index (χ4n) is 0.230. The molecule has 0 N–H and O–H groups in total. The summed E-state index contributed by atoms with van der Waals surface area (Å²) in [5.41, 5.74) is 0. The van der Waals surface area contributed by atoms with Gasteiger partial charge in [-0.15, -0.1) is 0 Å². The van der Waals surface area contributed by atoms with E-state index in [9.17, 15) is 8.60 Å². The first-order chi connectivity index (χ1) is 3.31. The van der Waals surface area contributed by atoms with Crippen molar-refractivity contribution in [3.63, 3.8) is 0 Å². The van der Waals surface area contributed by atoms with Crippen molar-refractivity contribution in [2.24, 2.45) is 0 Å². The molecule has 0 aromatic carbocycles. The largest absolute Gasteiger partial charge is 0.259 e. The molecule has 7 heavy (non-hydrogen) atoms. The van der Waals surface area contributed by atoms with E-state index in [-0.39, 0.29) is 5.75 Å². The van der Waals surface area contributed by atoms with E-state index in [2.05, 4.69) is 0 Å². The van der Waals surface area contributed by atoms with Crippen LogP contribution in [0.5, 0.6) is 0 Å². The third-order valence-electron chi connectivity index (χ3n) is 0.627. The molecule has 0 saturated carbocycles. The van der Waals surface area contributed by atoms with Crippen LogP contribution in [0.4, 0.5) is 4.39 Å². The maximum Gasteiger partial charge on any atom is 0.101 e. The summed E-state index contributed by atoms with van der Waals surface area (Å²) in [6.07, 6.45) is 0. The van der Waals surface area contributed by atoms with Crippen molar-refractivity contribution in [3.05, 3.63) is 0 Å². The average molecular weight is 124 g/mol. The third-order valence-corrected chi connectivity index (χ3v) is 1.88. The molecule has 1 unspecified atom stereocenters. The van der Waals surface area contributed by atoms with Crippen molar-refractivity contribution in [3.8, 4) is 0 Å². The highest BCUT2D eigenvalue weighted by Gasteiger charge is 1.90. The first-order valence-electron chi connectivity index (χ1n) is 2.22. The van der Waals surface area contributed by atoms with E-state index in [0.29, 0.717) is 5.75 Å². The van der Waals surface area contributed by atoms with Gasteiger partial charge in [0, 0.05) is 16.6 Å². The predicted octanol–water partition coefficient (Wildman–Crippen LogP) is 0.725. The van der Waals surface area contributed by atoms with Gasteiger partial charge in [0.2, 0.25) is 0 Å². The molecule has 0 radical (unpaired) electrons. The average Bonchev–Trinajstić information content (AvgIpc) is 1.68. The van der Waals surface area contributed by atoms with Gasteiger partial charge in [0.1, 0.15) is 6.67 Å². The third kappa shape index (κ3) is 3.92. The molecule has 0 aromatic heterocycles. The van der Waals surface area contributed by atoms with Crippen molar-refractivity contribution < 1.29 is 8.60 Å². The van der Waals surface area contributed by atoms with Gasteiger partial charge in [0.05, 0.1) is 5.75 Å². The zero-order valence-electron chi connectivity index (χ0n) is 4.32. The van der Waals surface area contributed by atoms with Crippen LogP contribution in [0.3, 0.4) is 0 Å². The molecule has 0 rings (SSSR count). The first kappa shape index (κ1) is 7.08. The monoisotopic (exact) mass is 124 g/mol. The Morgan fingerprint density at radius 1 is 1.71 bits per heavy atom. The summed E-state index contributed by atoms with van der Waals surface area (Å²) in [5.74, 6) is 0.778. The van der Waals surface area contributed by atoms with Crippen LogP contribution in [0.25, 0.3) is 0 Å². The Hall–Kier alpha value is 0.0800. The summed E-state index contributed by atoms with van der Waals surface area (Å²) in [6, 6.07) is 0. The Bertz CT molecular complexity index is 64.7. The van der Waals surface area contributed by atoms with Gasteiger partial charge >= 0.3 is 0 Å². The van der Waals surface area contributed by atoms with E-state index in [1.54, 1.807) is 6.92 Å². The highest BCUT2D eigenvalue weighted by atomic mass is 32.2. The van der Waals surface area contributed by atoms with Crippen molar-refractivity contribution in [2.45, 2.75) is 6.92 Å². The number of hydrogen-bond acceptors (Lipinski definition) is 1. The van der Waals surface area contributed by atoms with Crippen molar-refractivity contribution >= 4 is 10.8 Å². The zero-order valence-corrected chi connectivity index (χ0v) is 5.13. The van der Waals surface area contributed by atoms with Crippen LogP contribution in [0.15, 0.2) is 0 Å². The number of rotatable bonds is 3. The van der Waals surface area contributed by atoms with Crippen LogP contribution < -0.4 is 0 Å². The molecule has 1 nitrogen and oxygen atoms in total. The van der Waals surface area contributed by atoms with Gasteiger partial charge in [-0.05, 0) is 0 Å². The highest BCUT2D eigenvalue weighted by molar-refractivity contribution is 7.84. The molecule has 0 aliphatic carbocycles. The second kappa shape index (κ2) is 4.24. The minimum Gasteiger partial charge on any atom is -0.259 e. The molecule has 0 aliphatic rings. The predicted molar refractivity (Wildman–Crippen MR) is 29.5 cm³/mol. The fourth-order valence-corrected chi connectivity index (χ4v) is 0.691. The molecule has 1 atom stereocenters. The van der Waals surface area contributed by atoms with E-state index in [1.807, 2.05) is 0 Å². The summed E-state index contributed by atoms with van der Waals surface area (Å²) < 4.78 is 21.5. The summed E-state index contributed by atoms with van der Waals surface area (Å²) in [4.78, 5) is 0. The Morgan fingerprint density at radius 3 is 2.43 bits per heavy atom. The van der Waals surface area contributed by atoms with Crippen molar-refractivity contribution in [2.75, 3.05) is 18.2 Å². The van der Waals surface area contributed by atoms with E-state index >= 15 is 0 Å². The van der Waals surface area contributed by atoms with E-state index < -0.39 is 17.5 Å². The fraction of sp³-hybridized carbons (Fsp3) is 1.00. The van der Waals surface area contributed by atoms with Crippen LogP contribution in [-0.2, 0) is 10.8 Å². The molecular formula is C4H9FOS. The smallest absolute Gasteiger partial charge is 0.101 e. The molecule has 0 amide bonds. The van der Waals surface area contributed by atoms with Gasteiger partial charge in [-0.25, -0.2) is 0 Å². The minimum absolute atomic E-state index is 0.205. The molecule has 0 spiro atoms. The number of hydrogen-bond donors (Lipinski definition) is 0. The standard InChI is InChI=1S/C4H9FOS/c1-2-7(6)4-3-5/h2-4H2,1H3. The zero-order chi connectivity index (χ0) is 5.70. The quantitative estimate of drug-likeness (QED) is 0.542. The Balaban J connectivity index is 3.00. The van der Waals surface area contributed by atoms with Gasteiger partial charge in [-0.1, -0.05) is 6.92 Å². The normalized spacial score (nSPS) is 14.0. The lowest BCUT2D eigenvalue weighted by atomic mass is 10.9. The van der Waals surface area contributed by atoms with Gasteiger partial charge in [0.15, 0.2) is 0 Å². The first-order valence-corrected chi connectivity index (χ1v) is 3.71. The van der Waals surface area contributed by atoms with Gasteiger partial charge in [-0.3, -0.25) is 8.60 Å². The molecule has 44 valence electrons. The van der Waals surface area contributed by atoms with E-state index in [1.165, 1.54) is 0 Å². The van der Waals surface area contributed by atoms with Gasteiger partial charge in [-0.2, -0.15) is 0 Å². The second-order valence-electron chi connectivity index (χ2n) is 1.12. The maximum atomic E-state index is 11.2. The molecule has 0 fully saturated rings. The van der Waals surface area contributed by atoms with Crippen LogP contribution >= 0.6 is 0 Å². The summed E-state index contributed by atoms with van der Waals surface area (Å²) in [5, 5.41) is 0. The van der Waals surface area contributed by atoms with Crippen LogP contribution in [0.2, 0.25) is 0 Å². The molecular weight excluding hydrogens is 115 g/mol. The molecule has 0 heterocycles. The second-order valence-corrected chi connectivity index (χ2v) is 2.99.